The smallest absolute Gasteiger partial charge is 0.481 e. The molecule has 0 heterocycles. The Morgan fingerprint density at radius 1 is 1.17 bits per heavy atom. The number of benzene rings is 1. The zero-order valence-corrected chi connectivity index (χ0v) is 12.8. The van der Waals surface area contributed by atoms with Crippen molar-refractivity contribution in [1.29, 1.82) is 0 Å². The van der Waals surface area contributed by atoms with Crippen LogP contribution in [0.25, 0.3) is 0 Å². The zero-order chi connectivity index (χ0) is 18.4. The van der Waals surface area contributed by atoms with Gasteiger partial charge in [-0.2, -0.15) is 0 Å². The number of carboxylic acids is 1. The van der Waals surface area contributed by atoms with Gasteiger partial charge < -0.3 is 15.2 Å². The molecule has 0 unspecified atom stereocenters. The second-order valence-corrected chi connectivity index (χ2v) is 6.10. The Labute approximate surface area is 134 Å². The van der Waals surface area contributed by atoms with Gasteiger partial charge in [0.25, 0.3) is 0 Å². The van der Waals surface area contributed by atoms with Crippen molar-refractivity contribution < 1.29 is 41.0 Å². The van der Waals surface area contributed by atoms with Crippen molar-refractivity contribution in [2.24, 2.45) is 0 Å². The maximum atomic E-state index is 12.0. The summed E-state index contributed by atoms with van der Waals surface area (Å²) in [5, 5.41) is 10.6. The van der Waals surface area contributed by atoms with E-state index in [1.54, 1.807) is 0 Å². The molecule has 3 N–H and O–H groups in total. The third-order valence-electron chi connectivity index (χ3n) is 2.45. The first-order chi connectivity index (χ1) is 11.0. The highest BCUT2D eigenvalue weighted by atomic mass is 32.2. The number of amides is 1. The van der Waals surface area contributed by atoms with Crippen LogP contribution in [0.15, 0.2) is 29.2 Å². The molecule has 1 aromatic carbocycles. The summed E-state index contributed by atoms with van der Waals surface area (Å²) in [6.45, 7) is -0.817. The van der Waals surface area contributed by atoms with Crippen LogP contribution in [0.5, 0.6) is 5.75 Å². The van der Waals surface area contributed by atoms with E-state index >= 15 is 0 Å². The lowest BCUT2D eigenvalue weighted by atomic mass is 10.3. The Hall–Kier alpha value is -2.34. The van der Waals surface area contributed by atoms with E-state index in [0.717, 1.165) is 24.3 Å². The molecule has 0 atom stereocenters. The van der Waals surface area contributed by atoms with Gasteiger partial charge in [-0.15, -0.1) is 13.2 Å². The predicted molar refractivity (Wildman–Crippen MR) is 73.6 cm³/mol. The van der Waals surface area contributed by atoms with Crippen LogP contribution in [0.3, 0.4) is 0 Å². The second-order valence-electron chi connectivity index (χ2n) is 4.34. The minimum absolute atomic E-state index is 0.167. The highest BCUT2D eigenvalue weighted by molar-refractivity contribution is 7.89. The summed E-state index contributed by atoms with van der Waals surface area (Å²) < 4.78 is 65.3. The summed E-state index contributed by atoms with van der Waals surface area (Å²) in [6.07, 6.45) is -5.22. The Bertz CT molecular complexity index is 688. The molecular weight excluding hydrogens is 357 g/mol. The molecule has 0 radical (unpaired) electrons. The van der Waals surface area contributed by atoms with E-state index in [2.05, 4.69) is 10.1 Å². The predicted octanol–water partition coefficient (Wildman–Crippen LogP) is 0.454. The third-order valence-corrected chi connectivity index (χ3v) is 3.87. The molecule has 0 aliphatic carbocycles. The summed E-state index contributed by atoms with van der Waals surface area (Å²) in [5.74, 6) is -2.47. The monoisotopic (exact) mass is 370 g/mol. The van der Waals surface area contributed by atoms with E-state index in [9.17, 15) is 31.2 Å². The summed E-state index contributed by atoms with van der Waals surface area (Å²) in [7, 11) is -4.12. The lowest BCUT2D eigenvalue weighted by Crippen LogP contribution is -2.37. The minimum Gasteiger partial charge on any atom is -0.481 e. The standard InChI is InChI=1S/C12H13F3N2O6S/c13-12(14,15)23-8-1-3-9(4-2-8)24(21,22)17-7-10(18)16-6-5-11(19)20/h1-4,17H,5-7H2,(H,16,18)(H,19,20). The second kappa shape index (κ2) is 7.97. The van der Waals surface area contributed by atoms with Crippen molar-refractivity contribution in [3.8, 4) is 5.75 Å². The number of halogens is 3. The highest BCUT2D eigenvalue weighted by Gasteiger charge is 2.31. The minimum atomic E-state index is -4.90. The van der Waals surface area contributed by atoms with Gasteiger partial charge >= 0.3 is 12.3 Å². The normalized spacial score (nSPS) is 11.8. The number of carbonyl (C=O) groups excluding carboxylic acids is 1. The van der Waals surface area contributed by atoms with E-state index in [1.165, 1.54) is 0 Å². The molecule has 12 heteroatoms. The van der Waals surface area contributed by atoms with Crippen molar-refractivity contribution in [3.63, 3.8) is 0 Å². The topological polar surface area (TPSA) is 122 Å². The number of rotatable bonds is 8. The van der Waals surface area contributed by atoms with Crippen molar-refractivity contribution in [2.45, 2.75) is 17.7 Å². The molecule has 0 saturated carbocycles. The molecule has 0 aromatic heterocycles. The van der Waals surface area contributed by atoms with Crippen molar-refractivity contribution in [2.75, 3.05) is 13.1 Å². The Morgan fingerprint density at radius 3 is 2.25 bits per heavy atom. The zero-order valence-electron chi connectivity index (χ0n) is 12.0. The van der Waals surface area contributed by atoms with Gasteiger partial charge in [0.15, 0.2) is 0 Å². The number of ether oxygens (including phenoxy) is 1. The number of hydrogen-bond donors (Lipinski definition) is 3. The van der Waals surface area contributed by atoms with Gasteiger partial charge in [-0.05, 0) is 24.3 Å². The van der Waals surface area contributed by atoms with E-state index < -0.39 is 40.6 Å². The molecule has 1 rings (SSSR count). The number of nitrogens with one attached hydrogen (secondary N) is 2. The van der Waals surface area contributed by atoms with Crippen molar-refractivity contribution in [1.82, 2.24) is 10.0 Å². The fourth-order valence-corrected chi connectivity index (χ4v) is 2.42. The van der Waals surface area contributed by atoms with E-state index in [-0.39, 0.29) is 17.9 Å². The van der Waals surface area contributed by atoms with Crippen LogP contribution in [0.4, 0.5) is 13.2 Å². The van der Waals surface area contributed by atoms with Crippen molar-refractivity contribution in [3.05, 3.63) is 24.3 Å². The fourth-order valence-electron chi connectivity index (χ4n) is 1.44. The maximum Gasteiger partial charge on any atom is 0.573 e. The first kappa shape index (κ1) is 19.7. The summed E-state index contributed by atoms with van der Waals surface area (Å²) >= 11 is 0. The molecule has 0 spiro atoms. The lowest BCUT2D eigenvalue weighted by Gasteiger charge is -2.10. The average molecular weight is 370 g/mol. The SMILES string of the molecule is O=C(O)CCNC(=O)CNS(=O)(=O)c1ccc(OC(F)(F)F)cc1. The van der Waals surface area contributed by atoms with Crippen LogP contribution < -0.4 is 14.8 Å². The van der Waals surface area contributed by atoms with Gasteiger partial charge in [-0.3, -0.25) is 9.59 Å². The molecule has 24 heavy (non-hydrogen) atoms. The van der Waals surface area contributed by atoms with Crippen molar-refractivity contribution >= 4 is 21.9 Å². The largest absolute Gasteiger partial charge is 0.573 e. The quantitative estimate of drug-likeness (QED) is 0.611. The van der Waals surface area contributed by atoms with Crippen LogP contribution in [0.2, 0.25) is 0 Å². The lowest BCUT2D eigenvalue weighted by molar-refractivity contribution is -0.274. The molecule has 134 valence electrons. The summed E-state index contributed by atoms with van der Waals surface area (Å²) in [5.41, 5.74) is 0. The Morgan fingerprint density at radius 2 is 1.75 bits per heavy atom. The molecular formula is C12H13F3N2O6S. The number of carboxylic acid groups (broad SMARTS) is 1. The molecule has 0 aliphatic rings. The summed E-state index contributed by atoms with van der Waals surface area (Å²) in [4.78, 5) is 21.2. The van der Waals surface area contributed by atoms with E-state index in [1.807, 2.05) is 4.72 Å². The van der Waals surface area contributed by atoms with E-state index in [4.69, 9.17) is 5.11 Å². The molecule has 0 fully saturated rings. The molecule has 1 aromatic rings. The average Bonchev–Trinajstić information content (AvgIpc) is 2.44. The Balaban J connectivity index is 2.59. The van der Waals surface area contributed by atoms with Gasteiger partial charge in [0.05, 0.1) is 17.9 Å². The first-order valence-corrected chi connectivity index (χ1v) is 7.82. The fraction of sp³-hybridized carbons (Fsp3) is 0.333. The molecule has 1 amide bonds. The number of carbonyl (C=O) groups is 2. The van der Waals surface area contributed by atoms with E-state index in [0.29, 0.717) is 0 Å². The number of aliphatic carboxylic acids is 1. The van der Waals surface area contributed by atoms with Gasteiger partial charge in [-0.25, -0.2) is 13.1 Å². The van der Waals surface area contributed by atoms with Crippen LogP contribution in [-0.2, 0) is 19.6 Å². The Kier molecular flexibility index (Phi) is 6.54. The van der Waals surface area contributed by atoms with Gasteiger partial charge in [0.1, 0.15) is 5.75 Å². The van der Waals surface area contributed by atoms with Crippen LogP contribution in [0.1, 0.15) is 6.42 Å². The number of alkyl halides is 3. The molecule has 8 nitrogen and oxygen atoms in total. The van der Waals surface area contributed by atoms with Crippen LogP contribution in [0, 0.1) is 0 Å². The maximum absolute atomic E-state index is 12.0. The van der Waals surface area contributed by atoms with Crippen LogP contribution in [-0.4, -0.2) is 44.9 Å². The third kappa shape index (κ3) is 7.28. The first-order valence-electron chi connectivity index (χ1n) is 6.33. The highest BCUT2D eigenvalue weighted by Crippen LogP contribution is 2.23. The summed E-state index contributed by atoms with van der Waals surface area (Å²) in [6, 6.07) is 3.39. The number of sulfonamides is 1. The van der Waals surface area contributed by atoms with Crippen LogP contribution >= 0.6 is 0 Å². The van der Waals surface area contributed by atoms with Gasteiger partial charge in [-0.1, -0.05) is 0 Å². The molecule has 0 saturated heterocycles. The van der Waals surface area contributed by atoms with Gasteiger partial charge in [0.2, 0.25) is 15.9 Å². The number of hydrogen-bond acceptors (Lipinski definition) is 5. The van der Waals surface area contributed by atoms with Gasteiger partial charge in [0, 0.05) is 6.54 Å². The molecule has 0 bridgehead atoms. The molecule has 0 aliphatic heterocycles.